The number of β-amino-alcohol motifs (C(OH)–C–C–N with tert-alkyl or cyclic N) is 1. The number of hydrogen-bond acceptors (Lipinski definition) is 5. The molecule has 3 rings (SSSR count). The van der Waals surface area contributed by atoms with Crippen LogP contribution in [-0.2, 0) is 11.2 Å². The first-order valence-electron chi connectivity index (χ1n) is 10.4. The molecule has 1 heterocycles. The Morgan fingerprint density at radius 1 is 1.10 bits per heavy atom. The molecule has 0 spiro atoms. The molecule has 7 heteroatoms. The summed E-state index contributed by atoms with van der Waals surface area (Å²) in [6, 6.07) is 13.6. The van der Waals surface area contributed by atoms with Crippen molar-refractivity contribution in [1.82, 2.24) is 9.80 Å². The summed E-state index contributed by atoms with van der Waals surface area (Å²) < 4.78 is 18.4. The number of aliphatic hydroxyl groups is 1. The number of halogens is 1. The van der Waals surface area contributed by atoms with Crippen LogP contribution in [0.5, 0.6) is 5.75 Å². The monoisotopic (exact) mass is 415 g/mol. The highest BCUT2D eigenvalue weighted by Gasteiger charge is 2.21. The zero-order valence-electron chi connectivity index (χ0n) is 17.4. The van der Waals surface area contributed by atoms with Crippen molar-refractivity contribution < 1.29 is 19.0 Å². The van der Waals surface area contributed by atoms with Crippen LogP contribution in [0.25, 0.3) is 0 Å². The maximum absolute atomic E-state index is 12.9. The number of benzene rings is 2. The van der Waals surface area contributed by atoms with Crippen LogP contribution in [0.3, 0.4) is 0 Å². The number of nitrogens with one attached hydrogen (secondary N) is 1. The van der Waals surface area contributed by atoms with Crippen molar-refractivity contribution in [3.63, 3.8) is 0 Å². The second-order valence-electron chi connectivity index (χ2n) is 7.55. The Morgan fingerprint density at radius 2 is 1.77 bits per heavy atom. The zero-order valence-corrected chi connectivity index (χ0v) is 17.4. The van der Waals surface area contributed by atoms with Crippen LogP contribution in [0.1, 0.15) is 12.5 Å². The van der Waals surface area contributed by atoms with Crippen LogP contribution in [0, 0.1) is 5.82 Å². The van der Waals surface area contributed by atoms with Crippen LogP contribution in [-0.4, -0.2) is 72.8 Å². The average Bonchev–Trinajstić information content (AvgIpc) is 2.75. The fraction of sp³-hybridized carbons (Fsp3) is 0.435. The van der Waals surface area contributed by atoms with E-state index in [2.05, 4.69) is 22.0 Å². The molecule has 1 saturated heterocycles. The highest BCUT2D eigenvalue weighted by Crippen LogP contribution is 2.15. The lowest BCUT2D eigenvalue weighted by Crippen LogP contribution is -2.50. The van der Waals surface area contributed by atoms with E-state index < -0.39 is 6.10 Å². The summed E-state index contributed by atoms with van der Waals surface area (Å²) in [5.74, 6) is 0.219. The number of para-hydroxylation sites is 1. The number of aliphatic hydroxyl groups excluding tert-OH is 1. The fourth-order valence-electron chi connectivity index (χ4n) is 3.55. The third kappa shape index (κ3) is 6.79. The number of nitrogens with zero attached hydrogens (tertiary/aromatic N) is 2. The van der Waals surface area contributed by atoms with Crippen LogP contribution in [0.4, 0.5) is 10.1 Å². The van der Waals surface area contributed by atoms with Gasteiger partial charge in [0, 0.05) is 38.4 Å². The molecule has 6 nitrogen and oxygen atoms in total. The topological polar surface area (TPSA) is 65.0 Å². The molecule has 0 saturated carbocycles. The second kappa shape index (κ2) is 11.1. The van der Waals surface area contributed by atoms with E-state index in [-0.39, 0.29) is 18.3 Å². The number of amides is 1. The lowest BCUT2D eigenvalue weighted by molar-refractivity contribution is -0.117. The van der Waals surface area contributed by atoms with Crippen molar-refractivity contribution in [2.45, 2.75) is 19.4 Å². The van der Waals surface area contributed by atoms with Gasteiger partial charge >= 0.3 is 0 Å². The van der Waals surface area contributed by atoms with Crippen LogP contribution >= 0.6 is 0 Å². The molecule has 0 aromatic heterocycles. The molecule has 1 fully saturated rings. The van der Waals surface area contributed by atoms with Gasteiger partial charge in [-0.05, 0) is 42.3 Å². The maximum atomic E-state index is 12.9. The summed E-state index contributed by atoms with van der Waals surface area (Å²) >= 11 is 0. The van der Waals surface area contributed by atoms with E-state index in [9.17, 15) is 14.3 Å². The van der Waals surface area contributed by atoms with Crippen molar-refractivity contribution in [2.75, 3.05) is 51.2 Å². The number of aryl methyl sites for hydroxylation is 1. The minimum atomic E-state index is -0.629. The summed E-state index contributed by atoms with van der Waals surface area (Å²) in [7, 11) is 0. The van der Waals surface area contributed by atoms with Crippen LogP contribution in [0.15, 0.2) is 48.5 Å². The summed E-state index contributed by atoms with van der Waals surface area (Å²) in [6.07, 6.45) is 0.248. The van der Waals surface area contributed by atoms with Gasteiger partial charge in [-0.25, -0.2) is 4.39 Å². The largest absolute Gasteiger partial charge is 0.491 e. The molecule has 2 aromatic rings. The van der Waals surface area contributed by atoms with E-state index in [0.717, 1.165) is 43.9 Å². The highest BCUT2D eigenvalue weighted by atomic mass is 19.1. The maximum Gasteiger partial charge on any atom is 0.238 e. The Hall–Kier alpha value is -2.48. The zero-order chi connectivity index (χ0) is 21.3. The normalized spacial score (nSPS) is 16.2. The minimum absolute atomic E-state index is 0.00270. The molecule has 1 amide bonds. The quantitative estimate of drug-likeness (QED) is 0.658. The number of carbonyl (C=O) groups is 1. The van der Waals surface area contributed by atoms with Crippen molar-refractivity contribution in [2.24, 2.45) is 0 Å². The van der Waals surface area contributed by atoms with Crippen LogP contribution < -0.4 is 10.1 Å². The predicted octanol–water partition coefficient (Wildman–Crippen LogP) is 2.38. The second-order valence-corrected chi connectivity index (χ2v) is 7.55. The van der Waals surface area contributed by atoms with E-state index in [1.807, 2.05) is 24.3 Å². The van der Waals surface area contributed by atoms with Crippen molar-refractivity contribution >= 4 is 11.6 Å². The molecule has 2 N–H and O–H groups in total. The van der Waals surface area contributed by atoms with Gasteiger partial charge in [0.25, 0.3) is 0 Å². The molecule has 162 valence electrons. The Bertz CT molecular complexity index is 808. The van der Waals surface area contributed by atoms with Gasteiger partial charge in [0.05, 0.1) is 6.54 Å². The van der Waals surface area contributed by atoms with Crippen molar-refractivity contribution in [3.8, 4) is 5.75 Å². The Morgan fingerprint density at radius 3 is 2.47 bits per heavy atom. The molecule has 0 aliphatic carbocycles. The third-order valence-electron chi connectivity index (χ3n) is 5.23. The summed E-state index contributed by atoms with van der Waals surface area (Å²) in [5, 5.41) is 13.2. The molecular formula is C23H30FN3O3. The number of ether oxygens (including phenoxy) is 1. The molecule has 30 heavy (non-hydrogen) atoms. The van der Waals surface area contributed by atoms with Gasteiger partial charge in [-0.15, -0.1) is 0 Å². The Labute approximate surface area is 177 Å². The smallest absolute Gasteiger partial charge is 0.238 e. The number of piperazine rings is 1. The standard InChI is InChI=1S/C23H30FN3O3/c1-2-18-5-3-4-6-22(18)25-23(29)16-27-13-11-26(12-14-27)15-20(28)17-30-21-9-7-19(24)8-10-21/h3-10,20,28H,2,11-17H2,1H3,(H,25,29)/t20-/m0/s1. The molecule has 0 unspecified atom stereocenters. The molecule has 1 atom stereocenters. The van der Waals surface area contributed by atoms with Gasteiger partial charge in [0.1, 0.15) is 24.3 Å². The van der Waals surface area contributed by atoms with Crippen molar-refractivity contribution in [3.05, 3.63) is 59.9 Å². The van der Waals surface area contributed by atoms with E-state index in [1.54, 1.807) is 12.1 Å². The van der Waals surface area contributed by atoms with Gasteiger partial charge in [-0.3, -0.25) is 14.6 Å². The molecular weight excluding hydrogens is 385 g/mol. The molecule has 1 aliphatic heterocycles. The number of anilines is 1. The first-order valence-corrected chi connectivity index (χ1v) is 10.4. The van der Waals surface area contributed by atoms with Gasteiger partial charge in [0.15, 0.2) is 0 Å². The highest BCUT2D eigenvalue weighted by molar-refractivity contribution is 5.93. The van der Waals surface area contributed by atoms with E-state index in [0.29, 0.717) is 18.8 Å². The Kier molecular flexibility index (Phi) is 8.19. The number of hydrogen-bond donors (Lipinski definition) is 2. The van der Waals surface area contributed by atoms with Gasteiger partial charge in [-0.1, -0.05) is 25.1 Å². The average molecular weight is 416 g/mol. The number of rotatable bonds is 9. The summed E-state index contributed by atoms with van der Waals surface area (Å²) in [4.78, 5) is 16.7. The third-order valence-corrected chi connectivity index (χ3v) is 5.23. The summed E-state index contributed by atoms with van der Waals surface area (Å²) in [5.41, 5.74) is 2.01. The first-order chi connectivity index (χ1) is 14.5. The molecule has 0 bridgehead atoms. The SMILES string of the molecule is CCc1ccccc1NC(=O)CN1CCN(C[C@H](O)COc2ccc(F)cc2)CC1. The van der Waals surface area contributed by atoms with Gasteiger partial charge in [-0.2, -0.15) is 0 Å². The van der Waals surface area contributed by atoms with Gasteiger partial charge in [0.2, 0.25) is 5.91 Å². The fourth-order valence-corrected chi connectivity index (χ4v) is 3.55. The van der Waals surface area contributed by atoms with E-state index in [4.69, 9.17) is 4.74 Å². The summed E-state index contributed by atoms with van der Waals surface area (Å²) in [6.45, 7) is 6.21. The lowest BCUT2D eigenvalue weighted by Gasteiger charge is -2.35. The Balaban J connectivity index is 1.36. The minimum Gasteiger partial charge on any atom is -0.491 e. The lowest BCUT2D eigenvalue weighted by atomic mass is 10.1. The molecule has 1 aliphatic rings. The van der Waals surface area contributed by atoms with Gasteiger partial charge < -0.3 is 15.2 Å². The van der Waals surface area contributed by atoms with E-state index in [1.165, 1.54) is 12.1 Å². The van der Waals surface area contributed by atoms with Crippen LogP contribution in [0.2, 0.25) is 0 Å². The van der Waals surface area contributed by atoms with Crippen molar-refractivity contribution in [1.29, 1.82) is 0 Å². The molecule has 0 radical (unpaired) electrons. The number of carbonyl (C=O) groups excluding carboxylic acids is 1. The first kappa shape index (κ1) is 22.2. The predicted molar refractivity (Wildman–Crippen MR) is 115 cm³/mol. The van der Waals surface area contributed by atoms with E-state index >= 15 is 0 Å². The molecule has 2 aromatic carbocycles.